The zero-order chi connectivity index (χ0) is 22.3. The zero-order valence-corrected chi connectivity index (χ0v) is 17.7. The van der Waals surface area contributed by atoms with Crippen LogP contribution in [0, 0.1) is 5.92 Å². The lowest BCUT2D eigenvalue weighted by molar-refractivity contribution is 0.101. The van der Waals surface area contributed by atoms with Crippen LogP contribution in [0.4, 0.5) is 5.95 Å². The minimum absolute atomic E-state index is 0.00659. The van der Waals surface area contributed by atoms with E-state index >= 15 is 0 Å². The van der Waals surface area contributed by atoms with Crippen molar-refractivity contribution in [1.82, 2.24) is 19.5 Å². The van der Waals surface area contributed by atoms with E-state index in [9.17, 15) is 15.0 Å². The average molecular weight is 414 g/mol. The molecular weight excluding hydrogens is 382 g/mol. The third-order valence-corrected chi connectivity index (χ3v) is 5.07. The maximum atomic E-state index is 11.7. The predicted molar refractivity (Wildman–Crippen MR) is 119 cm³/mol. The first kappa shape index (κ1) is 23.3. The molecule has 8 heteroatoms. The number of aryl methyl sites for hydroxylation is 1. The van der Waals surface area contributed by atoms with Crippen LogP contribution in [0.1, 0.15) is 38.8 Å². The number of nitrogen functional groups attached to an aromatic ring is 1. The van der Waals surface area contributed by atoms with E-state index in [0.717, 1.165) is 6.42 Å². The third-order valence-electron chi connectivity index (χ3n) is 5.07. The molecular formula is C22H31N5O3. The van der Waals surface area contributed by atoms with Gasteiger partial charge >= 0.3 is 0 Å². The highest BCUT2D eigenvalue weighted by Gasteiger charge is 2.37. The van der Waals surface area contributed by atoms with Crippen molar-refractivity contribution in [3.05, 3.63) is 64.7 Å². The topological polar surface area (TPSA) is 130 Å². The van der Waals surface area contributed by atoms with Crippen LogP contribution in [0.2, 0.25) is 0 Å². The van der Waals surface area contributed by atoms with Gasteiger partial charge in [0.1, 0.15) is 0 Å². The van der Waals surface area contributed by atoms with Gasteiger partial charge in [-0.1, -0.05) is 57.7 Å². The van der Waals surface area contributed by atoms with E-state index in [2.05, 4.69) is 52.7 Å². The molecule has 0 bridgehead atoms. The van der Waals surface area contributed by atoms with Crippen LogP contribution in [0.3, 0.4) is 0 Å². The summed E-state index contributed by atoms with van der Waals surface area (Å²) >= 11 is 0. The Kier molecular flexibility index (Phi) is 8.32. The number of aliphatic hydroxyl groups excluding tert-OH is 2. The van der Waals surface area contributed by atoms with Crippen molar-refractivity contribution in [2.45, 2.75) is 45.8 Å². The molecule has 30 heavy (non-hydrogen) atoms. The number of benzene rings is 1. The van der Waals surface area contributed by atoms with Crippen LogP contribution >= 0.6 is 0 Å². The predicted octanol–water partition coefficient (Wildman–Crippen LogP) is 2.45. The fraction of sp³-hybridized carbons (Fsp3) is 0.409. The number of imidazole rings is 1. The number of aromatic nitrogens is 4. The van der Waals surface area contributed by atoms with Crippen LogP contribution in [-0.2, 0) is 6.42 Å². The molecule has 3 atom stereocenters. The quantitative estimate of drug-likeness (QED) is 0.488. The SMILES string of the molecule is C=C1[C@H](CO)[C@@H](O)C[C@@H]1n1cnc2c(=O)[nH]c(N)nc21.CC.CCc1ccccc1. The van der Waals surface area contributed by atoms with Gasteiger partial charge < -0.3 is 20.5 Å². The van der Waals surface area contributed by atoms with Crippen molar-refractivity contribution in [3.63, 3.8) is 0 Å². The molecule has 5 N–H and O–H groups in total. The summed E-state index contributed by atoms with van der Waals surface area (Å²) in [6.45, 7) is 9.93. The van der Waals surface area contributed by atoms with E-state index in [-0.39, 0.29) is 30.0 Å². The summed E-state index contributed by atoms with van der Waals surface area (Å²) in [5.41, 5.74) is 7.78. The lowest BCUT2D eigenvalue weighted by Crippen LogP contribution is -2.17. The van der Waals surface area contributed by atoms with Gasteiger partial charge in [0, 0.05) is 5.92 Å². The molecule has 0 radical (unpaired) electrons. The monoisotopic (exact) mass is 413 g/mol. The fourth-order valence-electron chi connectivity index (χ4n) is 3.45. The van der Waals surface area contributed by atoms with Crippen LogP contribution in [0.15, 0.2) is 53.6 Å². The Morgan fingerprint density at radius 3 is 2.50 bits per heavy atom. The van der Waals surface area contributed by atoms with Crippen molar-refractivity contribution >= 4 is 17.1 Å². The molecule has 1 aliphatic carbocycles. The minimum Gasteiger partial charge on any atom is -0.396 e. The number of aliphatic hydroxyl groups is 2. The maximum Gasteiger partial charge on any atom is 0.280 e. The molecule has 1 fully saturated rings. The normalized spacial score (nSPS) is 20.3. The van der Waals surface area contributed by atoms with Gasteiger partial charge in [0.25, 0.3) is 5.56 Å². The lowest BCUT2D eigenvalue weighted by Gasteiger charge is -2.15. The molecule has 4 rings (SSSR count). The van der Waals surface area contributed by atoms with Gasteiger partial charge in [-0.25, -0.2) is 4.98 Å². The largest absolute Gasteiger partial charge is 0.396 e. The van der Waals surface area contributed by atoms with Gasteiger partial charge in [-0.2, -0.15) is 4.98 Å². The molecule has 1 aliphatic rings. The number of rotatable bonds is 3. The summed E-state index contributed by atoms with van der Waals surface area (Å²) in [4.78, 5) is 22.2. The molecule has 0 aliphatic heterocycles. The first-order chi connectivity index (χ1) is 14.5. The number of hydrogen-bond donors (Lipinski definition) is 4. The van der Waals surface area contributed by atoms with Gasteiger partial charge in [-0.05, 0) is 24.0 Å². The molecule has 0 unspecified atom stereocenters. The zero-order valence-electron chi connectivity index (χ0n) is 17.7. The van der Waals surface area contributed by atoms with Gasteiger partial charge in [-0.15, -0.1) is 0 Å². The molecule has 2 heterocycles. The summed E-state index contributed by atoms with van der Waals surface area (Å²) in [5, 5.41) is 19.2. The van der Waals surface area contributed by atoms with E-state index in [1.54, 1.807) is 4.57 Å². The summed E-state index contributed by atoms with van der Waals surface area (Å²) in [7, 11) is 0. The second-order valence-electron chi connectivity index (χ2n) is 6.80. The van der Waals surface area contributed by atoms with E-state index in [1.165, 1.54) is 11.9 Å². The minimum atomic E-state index is -0.672. The van der Waals surface area contributed by atoms with E-state index < -0.39 is 11.7 Å². The summed E-state index contributed by atoms with van der Waals surface area (Å²) in [5.74, 6) is -0.371. The van der Waals surface area contributed by atoms with Gasteiger partial charge in [0.15, 0.2) is 11.2 Å². The van der Waals surface area contributed by atoms with Crippen LogP contribution in [-0.4, -0.2) is 42.4 Å². The van der Waals surface area contributed by atoms with Crippen molar-refractivity contribution < 1.29 is 10.2 Å². The molecule has 1 aromatic carbocycles. The highest BCUT2D eigenvalue weighted by Crippen LogP contribution is 2.39. The summed E-state index contributed by atoms with van der Waals surface area (Å²) < 4.78 is 1.67. The van der Waals surface area contributed by atoms with Crippen LogP contribution in [0.5, 0.6) is 0 Å². The fourth-order valence-corrected chi connectivity index (χ4v) is 3.45. The molecule has 162 valence electrons. The smallest absolute Gasteiger partial charge is 0.280 e. The van der Waals surface area contributed by atoms with Gasteiger partial charge in [0.2, 0.25) is 5.95 Å². The number of anilines is 1. The number of fused-ring (bicyclic) bond motifs is 1. The number of nitrogens with zero attached hydrogens (tertiary/aromatic N) is 3. The molecule has 0 spiro atoms. The molecule has 8 nitrogen and oxygen atoms in total. The van der Waals surface area contributed by atoms with Crippen LogP contribution in [0.25, 0.3) is 11.2 Å². The van der Waals surface area contributed by atoms with Crippen LogP contribution < -0.4 is 11.3 Å². The van der Waals surface area contributed by atoms with Crippen molar-refractivity contribution in [3.8, 4) is 0 Å². The number of nitrogens with one attached hydrogen (secondary N) is 1. The lowest BCUT2D eigenvalue weighted by atomic mass is 10.0. The molecule has 1 saturated carbocycles. The number of H-pyrrole nitrogens is 1. The number of hydrogen-bond acceptors (Lipinski definition) is 6. The third kappa shape index (κ3) is 4.95. The van der Waals surface area contributed by atoms with Gasteiger partial charge in [-0.3, -0.25) is 9.78 Å². The Morgan fingerprint density at radius 2 is 1.97 bits per heavy atom. The first-order valence-corrected chi connectivity index (χ1v) is 10.2. The first-order valence-electron chi connectivity index (χ1n) is 10.2. The van der Waals surface area contributed by atoms with Crippen molar-refractivity contribution in [2.24, 2.45) is 5.92 Å². The second kappa shape index (κ2) is 10.7. The maximum absolute atomic E-state index is 11.7. The number of aromatic amines is 1. The Bertz CT molecular complexity index is 1010. The highest BCUT2D eigenvalue weighted by atomic mass is 16.3. The summed E-state index contributed by atoms with van der Waals surface area (Å²) in [6.07, 6.45) is 2.34. The van der Waals surface area contributed by atoms with Gasteiger partial charge in [0.05, 0.1) is 25.1 Å². The Labute approximate surface area is 176 Å². The summed E-state index contributed by atoms with van der Waals surface area (Å²) in [6, 6.07) is 10.2. The Balaban J connectivity index is 0.000000269. The van der Waals surface area contributed by atoms with E-state index in [0.29, 0.717) is 17.6 Å². The molecule has 0 saturated heterocycles. The molecule has 3 aromatic rings. The highest BCUT2D eigenvalue weighted by molar-refractivity contribution is 5.70. The number of nitrogens with two attached hydrogens (primary N) is 1. The van der Waals surface area contributed by atoms with E-state index in [1.807, 2.05) is 19.9 Å². The van der Waals surface area contributed by atoms with Crippen molar-refractivity contribution in [1.29, 1.82) is 0 Å². The Morgan fingerprint density at radius 1 is 1.30 bits per heavy atom. The molecule has 0 amide bonds. The average Bonchev–Trinajstić information content (AvgIpc) is 3.30. The van der Waals surface area contributed by atoms with E-state index in [4.69, 9.17) is 5.73 Å². The Hall–Kier alpha value is -2.97. The second-order valence-corrected chi connectivity index (χ2v) is 6.80. The standard InChI is InChI=1S/C12H15N5O3.C8H10.C2H6/c1-5-6(3-18)8(19)2-7(5)17-4-14-9-10(17)15-12(13)16-11(9)20;1-2-8-6-4-3-5-7-8;1-2/h4,6-8,18-19H,1-3H2,(H3,13,15,16,20);3-7H,2H2,1H3;1-2H3/t6-,7-,8-;;/m0../s1. The molecule has 2 aromatic heterocycles. The van der Waals surface area contributed by atoms with Crippen molar-refractivity contribution in [2.75, 3.05) is 12.3 Å².